The van der Waals surface area contributed by atoms with E-state index in [0.717, 1.165) is 5.56 Å². The summed E-state index contributed by atoms with van der Waals surface area (Å²) in [6.45, 7) is 6.98. The monoisotopic (exact) mass is 300 g/mol. The molecule has 1 aromatic carbocycles. The third-order valence-corrected chi connectivity index (χ3v) is 3.46. The zero-order valence-corrected chi connectivity index (χ0v) is 13.2. The van der Waals surface area contributed by atoms with Crippen LogP contribution in [-0.2, 0) is 0 Å². The highest BCUT2D eigenvalue weighted by molar-refractivity contribution is 6.30. The summed E-state index contributed by atoms with van der Waals surface area (Å²) in [6, 6.07) is 3.17. The Morgan fingerprint density at radius 1 is 1.30 bits per heavy atom. The van der Waals surface area contributed by atoms with Crippen molar-refractivity contribution in [2.75, 3.05) is 13.2 Å². The summed E-state index contributed by atoms with van der Waals surface area (Å²) >= 11 is 6.16. The summed E-state index contributed by atoms with van der Waals surface area (Å²) in [5.41, 5.74) is 13.1. The minimum absolute atomic E-state index is 0.243. The van der Waals surface area contributed by atoms with Crippen molar-refractivity contribution in [1.29, 1.82) is 0 Å². The van der Waals surface area contributed by atoms with Crippen molar-refractivity contribution in [2.45, 2.75) is 45.3 Å². The molecule has 114 valence electrons. The molecule has 4 nitrogen and oxygen atoms in total. The Balaban J connectivity index is 3.28. The SMILES string of the molecule is CCOc1c(C(C)C)cc(Cl)cc1C(O)C(N)CCN. The Bertz CT molecular complexity index is 438. The van der Waals surface area contributed by atoms with E-state index in [-0.39, 0.29) is 5.92 Å². The molecule has 0 aliphatic carbocycles. The summed E-state index contributed by atoms with van der Waals surface area (Å²) < 4.78 is 5.73. The topological polar surface area (TPSA) is 81.5 Å². The molecule has 1 rings (SSSR count). The molecule has 1 aromatic rings. The molecule has 0 amide bonds. The predicted octanol–water partition coefficient (Wildman–Crippen LogP) is 2.57. The average molecular weight is 301 g/mol. The van der Waals surface area contributed by atoms with Crippen LogP contribution >= 0.6 is 11.6 Å². The van der Waals surface area contributed by atoms with Gasteiger partial charge in [0, 0.05) is 16.6 Å². The van der Waals surface area contributed by atoms with E-state index in [2.05, 4.69) is 13.8 Å². The molecule has 20 heavy (non-hydrogen) atoms. The molecular weight excluding hydrogens is 276 g/mol. The smallest absolute Gasteiger partial charge is 0.128 e. The van der Waals surface area contributed by atoms with Gasteiger partial charge in [0.25, 0.3) is 0 Å². The zero-order chi connectivity index (χ0) is 15.3. The van der Waals surface area contributed by atoms with Gasteiger partial charge in [-0.3, -0.25) is 0 Å². The van der Waals surface area contributed by atoms with E-state index in [1.54, 1.807) is 6.07 Å². The van der Waals surface area contributed by atoms with E-state index in [1.165, 1.54) is 0 Å². The third kappa shape index (κ3) is 4.09. The highest BCUT2D eigenvalue weighted by atomic mass is 35.5. The molecule has 5 heteroatoms. The maximum atomic E-state index is 10.4. The van der Waals surface area contributed by atoms with Crippen LogP contribution in [0.25, 0.3) is 0 Å². The van der Waals surface area contributed by atoms with Gasteiger partial charge in [0.1, 0.15) is 5.75 Å². The van der Waals surface area contributed by atoms with Crippen molar-refractivity contribution in [3.63, 3.8) is 0 Å². The van der Waals surface area contributed by atoms with Crippen LogP contribution in [0.15, 0.2) is 12.1 Å². The van der Waals surface area contributed by atoms with Crippen molar-refractivity contribution in [1.82, 2.24) is 0 Å². The second kappa shape index (κ2) is 7.84. The molecule has 0 saturated heterocycles. The summed E-state index contributed by atoms with van der Waals surface area (Å²) in [5, 5.41) is 11.0. The van der Waals surface area contributed by atoms with Gasteiger partial charge in [-0.25, -0.2) is 0 Å². The molecule has 0 aliphatic rings. The number of ether oxygens (including phenoxy) is 1. The Morgan fingerprint density at radius 2 is 1.90 bits per heavy atom. The lowest BCUT2D eigenvalue weighted by atomic mass is 9.93. The van der Waals surface area contributed by atoms with Crippen LogP contribution in [0.1, 0.15) is 50.3 Å². The van der Waals surface area contributed by atoms with E-state index in [4.69, 9.17) is 27.8 Å². The van der Waals surface area contributed by atoms with Gasteiger partial charge >= 0.3 is 0 Å². The molecule has 2 unspecified atom stereocenters. The first-order valence-electron chi connectivity index (χ1n) is 7.02. The van der Waals surface area contributed by atoms with E-state index in [9.17, 15) is 5.11 Å². The molecule has 2 atom stereocenters. The maximum absolute atomic E-state index is 10.4. The highest BCUT2D eigenvalue weighted by Gasteiger charge is 2.24. The molecule has 0 spiro atoms. The van der Waals surface area contributed by atoms with E-state index in [0.29, 0.717) is 35.9 Å². The summed E-state index contributed by atoms with van der Waals surface area (Å²) in [6.07, 6.45) is -0.299. The second-order valence-electron chi connectivity index (χ2n) is 5.19. The van der Waals surface area contributed by atoms with Crippen LogP contribution in [0.2, 0.25) is 5.02 Å². The first-order valence-corrected chi connectivity index (χ1v) is 7.39. The molecule has 0 radical (unpaired) electrons. The van der Waals surface area contributed by atoms with Gasteiger partial charge in [-0.2, -0.15) is 0 Å². The second-order valence-corrected chi connectivity index (χ2v) is 5.62. The molecular formula is C15H25ClN2O2. The number of hydrogen-bond donors (Lipinski definition) is 3. The highest BCUT2D eigenvalue weighted by Crippen LogP contribution is 2.37. The van der Waals surface area contributed by atoms with Crippen LogP contribution in [0.5, 0.6) is 5.75 Å². The van der Waals surface area contributed by atoms with Crippen molar-refractivity contribution in [2.24, 2.45) is 11.5 Å². The van der Waals surface area contributed by atoms with Crippen LogP contribution in [0.3, 0.4) is 0 Å². The van der Waals surface area contributed by atoms with Gasteiger partial charge in [-0.15, -0.1) is 0 Å². The van der Waals surface area contributed by atoms with Crippen molar-refractivity contribution in [3.05, 3.63) is 28.3 Å². The predicted molar refractivity (Wildman–Crippen MR) is 83.3 cm³/mol. The normalized spacial score (nSPS) is 14.4. The fraction of sp³-hybridized carbons (Fsp3) is 0.600. The molecule has 0 aromatic heterocycles. The van der Waals surface area contributed by atoms with Gasteiger partial charge < -0.3 is 21.3 Å². The maximum Gasteiger partial charge on any atom is 0.128 e. The average Bonchev–Trinajstić information content (AvgIpc) is 2.39. The quantitative estimate of drug-likeness (QED) is 0.723. The number of aliphatic hydroxyl groups is 1. The first kappa shape index (κ1) is 17.2. The third-order valence-electron chi connectivity index (χ3n) is 3.25. The van der Waals surface area contributed by atoms with E-state index < -0.39 is 12.1 Å². The van der Waals surface area contributed by atoms with Crippen LogP contribution in [0.4, 0.5) is 0 Å². The fourth-order valence-electron chi connectivity index (χ4n) is 2.18. The number of rotatable bonds is 7. The molecule has 0 saturated carbocycles. The van der Waals surface area contributed by atoms with Crippen LogP contribution in [-0.4, -0.2) is 24.3 Å². The number of halogens is 1. The molecule has 0 heterocycles. The standard InChI is InChI=1S/C15H25ClN2O2/c1-4-20-15-11(9(2)3)7-10(16)8-12(15)14(19)13(18)5-6-17/h7-9,13-14,19H,4-6,17-18H2,1-3H3. The van der Waals surface area contributed by atoms with Gasteiger partial charge in [0.05, 0.1) is 12.7 Å². The van der Waals surface area contributed by atoms with Gasteiger partial charge in [0.2, 0.25) is 0 Å². The number of benzene rings is 1. The summed E-state index contributed by atoms with van der Waals surface area (Å²) in [4.78, 5) is 0. The molecule has 5 N–H and O–H groups in total. The Labute approximate surface area is 126 Å². The molecule has 0 aliphatic heterocycles. The minimum Gasteiger partial charge on any atom is -0.493 e. The fourth-order valence-corrected chi connectivity index (χ4v) is 2.41. The lowest BCUT2D eigenvalue weighted by molar-refractivity contribution is 0.138. The minimum atomic E-state index is -0.837. The number of aliphatic hydroxyl groups excluding tert-OH is 1. The van der Waals surface area contributed by atoms with E-state index in [1.807, 2.05) is 13.0 Å². The lowest BCUT2D eigenvalue weighted by Gasteiger charge is -2.24. The largest absolute Gasteiger partial charge is 0.493 e. The van der Waals surface area contributed by atoms with Gasteiger partial charge in [-0.1, -0.05) is 25.4 Å². The number of nitrogens with two attached hydrogens (primary N) is 2. The number of hydrogen-bond acceptors (Lipinski definition) is 4. The van der Waals surface area contributed by atoms with Crippen molar-refractivity contribution >= 4 is 11.6 Å². The summed E-state index contributed by atoms with van der Waals surface area (Å²) in [5.74, 6) is 0.929. The Morgan fingerprint density at radius 3 is 2.40 bits per heavy atom. The lowest BCUT2D eigenvalue weighted by Crippen LogP contribution is -2.31. The molecule has 0 fully saturated rings. The van der Waals surface area contributed by atoms with Crippen molar-refractivity contribution < 1.29 is 9.84 Å². The zero-order valence-electron chi connectivity index (χ0n) is 12.4. The van der Waals surface area contributed by atoms with Crippen LogP contribution < -0.4 is 16.2 Å². The summed E-state index contributed by atoms with van der Waals surface area (Å²) in [7, 11) is 0. The van der Waals surface area contributed by atoms with Gasteiger partial charge in [-0.05, 0) is 43.5 Å². The first-order chi connectivity index (χ1) is 9.42. The Kier molecular flexibility index (Phi) is 6.76. The van der Waals surface area contributed by atoms with E-state index >= 15 is 0 Å². The van der Waals surface area contributed by atoms with Gasteiger partial charge in [0.15, 0.2) is 0 Å². The van der Waals surface area contributed by atoms with Crippen molar-refractivity contribution in [3.8, 4) is 5.75 Å². The van der Waals surface area contributed by atoms with Crippen LogP contribution in [0, 0.1) is 0 Å². The molecule has 0 bridgehead atoms. The Hall–Kier alpha value is -0.810.